The molecule has 47 heavy (non-hydrogen) atoms. The smallest absolute Gasteiger partial charge is 0.425 e. The van der Waals surface area contributed by atoms with Gasteiger partial charge < -0.3 is 38.4 Å². The van der Waals surface area contributed by atoms with E-state index in [0.717, 1.165) is 5.01 Å². The Kier molecular flexibility index (Phi) is 12.5. The molecule has 0 saturated carbocycles. The molecule has 3 aliphatic rings. The quantitative estimate of drug-likeness (QED) is 0.182. The molecule has 3 N–H and O–H groups in total. The molecule has 0 radical (unpaired) electrons. The number of esters is 2. The number of hydrazine groups is 1. The number of aliphatic hydroxyl groups excluding tert-OH is 1. The summed E-state index contributed by atoms with van der Waals surface area (Å²) in [6.07, 6.45) is -5.28. The van der Waals surface area contributed by atoms with Gasteiger partial charge in [-0.1, -0.05) is 27.7 Å². The Morgan fingerprint density at radius 1 is 1.11 bits per heavy atom. The third-order valence-electron chi connectivity index (χ3n) is 10.6. The first kappa shape index (κ1) is 39.1. The lowest BCUT2D eigenvalue weighted by molar-refractivity contribution is -0.303. The summed E-state index contributed by atoms with van der Waals surface area (Å²) in [5.74, 6) is 1.45. The molecule has 3 aliphatic heterocycles. The van der Waals surface area contributed by atoms with Crippen molar-refractivity contribution in [2.45, 2.75) is 142 Å². The Balaban J connectivity index is 2.14. The second-order valence-corrected chi connectivity index (χ2v) is 14.4. The number of carbonyl (C=O) groups is 4. The fourth-order valence-corrected chi connectivity index (χ4v) is 7.87. The van der Waals surface area contributed by atoms with E-state index in [4.69, 9.17) is 34.3 Å². The summed E-state index contributed by atoms with van der Waals surface area (Å²) in [6, 6.07) is -1.19. The van der Waals surface area contributed by atoms with Crippen molar-refractivity contribution in [3.05, 3.63) is 0 Å². The molecule has 14 atom stereocenters. The van der Waals surface area contributed by atoms with Gasteiger partial charge in [0.25, 0.3) is 0 Å². The summed E-state index contributed by atoms with van der Waals surface area (Å²) >= 11 is 0. The molecule has 3 rings (SSSR count). The van der Waals surface area contributed by atoms with Crippen molar-refractivity contribution in [1.29, 1.82) is 0 Å². The number of carbonyl (C=O) groups excluding carboxylic acids is 4. The van der Waals surface area contributed by atoms with Crippen LogP contribution in [0.3, 0.4) is 0 Å². The fraction of sp³-hybridized carbons (Fsp3) is 0.879. The van der Waals surface area contributed by atoms with Crippen molar-refractivity contribution in [2.24, 2.45) is 29.5 Å². The summed E-state index contributed by atoms with van der Waals surface area (Å²) in [5, 5.41) is 12.7. The van der Waals surface area contributed by atoms with E-state index in [1.54, 1.807) is 48.5 Å². The zero-order valence-electron chi connectivity index (χ0n) is 30.1. The van der Waals surface area contributed by atoms with Crippen molar-refractivity contribution in [2.75, 3.05) is 21.2 Å². The molecule has 3 saturated heterocycles. The summed E-state index contributed by atoms with van der Waals surface area (Å²) in [4.78, 5) is 54.8. The van der Waals surface area contributed by atoms with Crippen LogP contribution in [0.15, 0.2) is 0 Å². The van der Waals surface area contributed by atoms with Crippen LogP contribution in [0.5, 0.6) is 0 Å². The highest BCUT2D eigenvalue weighted by Crippen LogP contribution is 2.42. The average molecular weight is 672 g/mol. The fourth-order valence-electron chi connectivity index (χ4n) is 7.87. The minimum absolute atomic E-state index is 0.130. The van der Waals surface area contributed by atoms with Gasteiger partial charge in [-0.3, -0.25) is 14.4 Å². The highest BCUT2D eigenvalue weighted by Gasteiger charge is 2.60. The predicted octanol–water partition coefficient (Wildman–Crippen LogP) is 2.43. The van der Waals surface area contributed by atoms with E-state index in [0.29, 0.717) is 6.42 Å². The molecule has 14 nitrogen and oxygen atoms in total. The van der Waals surface area contributed by atoms with Crippen LogP contribution in [0.4, 0.5) is 4.79 Å². The number of nitrogens with zero attached hydrogens (tertiary/aromatic N) is 2. The Hall–Kier alpha value is -2.36. The van der Waals surface area contributed by atoms with Gasteiger partial charge >= 0.3 is 18.0 Å². The maximum absolute atomic E-state index is 14.2. The summed E-state index contributed by atoms with van der Waals surface area (Å²) < 4.78 is 36.5. The number of ether oxygens (including phenoxy) is 6. The van der Waals surface area contributed by atoms with Crippen LogP contribution in [-0.2, 0) is 42.8 Å². The van der Waals surface area contributed by atoms with Gasteiger partial charge in [-0.2, -0.15) is 0 Å². The first-order valence-corrected chi connectivity index (χ1v) is 16.6. The topological polar surface area (TPSA) is 176 Å². The van der Waals surface area contributed by atoms with Gasteiger partial charge in [-0.05, 0) is 61.1 Å². The second kappa shape index (κ2) is 15.0. The molecule has 0 aliphatic carbocycles. The Bertz CT molecular complexity index is 1150. The van der Waals surface area contributed by atoms with Gasteiger partial charge in [0, 0.05) is 31.8 Å². The molecule has 0 aromatic carbocycles. The number of likely N-dealkylation sites (N-methyl/N-ethyl adjacent to an activating group) is 1. The third-order valence-corrected chi connectivity index (χ3v) is 10.6. The zero-order chi connectivity index (χ0) is 35.8. The number of fused-ring (bicyclic) bond motifs is 1. The van der Waals surface area contributed by atoms with Crippen molar-refractivity contribution in [1.82, 2.24) is 9.91 Å². The van der Waals surface area contributed by atoms with Crippen LogP contribution >= 0.6 is 0 Å². The van der Waals surface area contributed by atoms with E-state index in [1.807, 2.05) is 25.9 Å². The zero-order valence-corrected chi connectivity index (χ0v) is 30.1. The maximum atomic E-state index is 14.2. The van der Waals surface area contributed by atoms with Gasteiger partial charge in [0.05, 0.1) is 35.9 Å². The van der Waals surface area contributed by atoms with Gasteiger partial charge in [0.15, 0.2) is 18.0 Å². The molecular formula is C33H57N3O11. The number of methoxy groups -OCH3 is 1. The molecule has 0 aromatic rings. The summed E-state index contributed by atoms with van der Waals surface area (Å²) in [6.45, 7) is 15.1. The minimum Gasteiger partial charge on any atom is -0.458 e. The number of aliphatic hydroxyl groups is 1. The second-order valence-electron chi connectivity index (χ2n) is 14.4. The molecule has 3 heterocycles. The van der Waals surface area contributed by atoms with Crippen LogP contribution in [0.2, 0.25) is 0 Å². The monoisotopic (exact) mass is 671 g/mol. The summed E-state index contributed by atoms with van der Waals surface area (Å²) in [7, 11) is 5.25. The maximum Gasteiger partial charge on any atom is 0.425 e. The first-order chi connectivity index (χ1) is 21.7. The number of amides is 1. The van der Waals surface area contributed by atoms with E-state index < -0.39 is 89.7 Å². The minimum atomic E-state index is -1.44. The van der Waals surface area contributed by atoms with E-state index >= 15 is 0 Å². The summed E-state index contributed by atoms with van der Waals surface area (Å²) in [5.41, 5.74) is -2.67. The molecule has 0 aromatic heterocycles. The van der Waals surface area contributed by atoms with Gasteiger partial charge in [-0.15, -0.1) is 0 Å². The number of Topliss-reactive ketones (excluding diaryl/α,β-unsaturated/α-hetero) is 1. The van der Waals surface area contributed by atoms with E-state index in [9.17, 15) is 24.3 Å². The number of cyclic esters (lactones) is 1. The highest BCUT2D eigenvalue weighted by molar-refractivity contribution is 5.85. The molecule has 3 fully saturated rings. The molecule has 0 spiro atoms. The van der Waals surface area contributed by atoms with Gasteiger partial charge in [-0.25, -0.2) is 15.6 Å². The van der Waals surface area contributed by atoms with Crippen molar-refractivity contribution >= 4 is 23.8 Å². The van der Waals surface area contributed by atoms with E-state index in [2.05, 4.69) is 0 Å². The van der Waals surface area contributed by atoms with Crippen LogP contribution in [-0.4, -0.2) is 120 Å². The van der Waals surface area contributed by atoms with Crippen molar-refractivity contribution in [3.8, 4) is 0 Å². The average Bonchev–Trinajstić information content (AvgIpc) is 3.23. The molecular weight excluding hydrogens is 614 g/mol. The largest absolute Gasteiger partial charge is 0.458 e. The lowest BCUT2D eigenvalue weighted by atomic mass is 9.73. The molecule has 1 unspecified atom stereocenters. The van der Waals surface area contributed by atoms with Crippen molar-refractivity contribution in [3.63, 3.8) is 0 Å². The molecule has 0 bridgehead atoms. The normalized spacial score (nSPS) is 44.0. The SMILES string of the molecule is CC[C@H]1OC(=O)[C@H](C)[C@@H](O)[C@H](C)[C@@H](O[C@@H]2O[C@H](C)C[C@H](N(C)C)[C@H]2OC(C)=O)[C@@](C)(OC)C[C@@H](C)C(=O)C(C)[C@H]2N(N)C(=O)O[C@]12C. The molecule has 14 heteroatoms. The lowest BCUT2D eigenvalue weighted by Crippen LogP contribution is -2.61. The highest BCUT2D eigenvalue weighted by atomic mass is 16.7. The van der Waals surface area contributed by atoms with E-state index in [1.165, 1.54) is 14.0 Å². The van der Waals surface area contributed by atoms with Gasteiger partial charge in [0.2, 0.25) is 0 Å². The Morgan fingerprint density at radius 3 is 2.26 bits per heavy atom. The van der Waals surface area contributed by atoms with Crippen LogP contribution in [0.25, 0.3) is 0 Å². The predicted molar refractivity (Wildman–Crippen MR) is 169 cm³/mol. The molecule has 1 amide bonds. The molecule has 270 valence electrons. The number of hydrogen-bond donors (Lipinski definition) is 2. The van der Waals surface area contributed by atoms with Gasteiger partial charge in [0.1, 0.15) is 17.9 Å². The lowest BCUT2D eigenvalue weighted by Gasteiger charge is -2.48. The van der Waals surface area contributed by atoms with Crippen LogP contribution in [0, 0.1) is 23.7 Å². The van der Waals surface area contributed by atoms with E-state index in [-0.39, 0.29) is 30.8 Å². The first-order valence-electron chi connectivity index (χ1n) is 16.6. The van der Waals surface area contributed by atoms with Crippen LogP contribution in [0.1, 0.15) is 81.6 Å². The number of hydrogen-bond acceptors (Lipinski definition) is 13. The number of ketones is 1. The Labute approximate surface area is 278 Å². The number of rotatable bonds is 6. The standard InChI is InChI=1S/C33H57N3O11/c1-13-23-33(9)27(36(34)31(41)47-33)18(4)24(38)16(2)15-32(8,42-12)28(19(5)25(39)20(6)29(40)45-23)46-30-26(44-21(7)37)22(35(10)11)14-17(3)43-30/h16-20,22-23,25-28,30,39H,13-15,34H2,1-12H3/t16-,17-,18?,19+,20-,22+,23-,25+,26-,27-,28-,30+,32+,33-/m1/s1. The van der Waals surface area contributed by atoms with Crippen LogP contribution < -0.4 is 5.84 Å². The van der Waals surface area contributed by atoms with Crippen molar-refractivity contribution < 1.29 is 52.7 Å². The number of nitrogens with two attached hydrogens (primary N) is 1. The third kappa shape index (κ3) is 7.78. The Morgan fingerprint density at radius 2 is 1.72 bits per heavy atom.